The fraction of sp³-hybridized carbons (Fsp3) is 0.600. The van der Waals surface area contributed by atoms with Crippen LogP contribution in [0.4, 0.5) is 0 Å². The molecule has 1 aromatic heterocycles. The SMILES string of the molecule is O=C(O)c1cc(CNCC2COCCO2)on1. The number of nitrogens with zero attached hydrogens (tertiary/aromatic N) is 1. The number of nitrogens with one attached hydrogen (secondary N) is 1. The van der Waals surface area contributed by atoms with Crippen LogP contribution < -0.4 is 5.32 Å². The molecule has 94 valence electrons. The van der Waals surface area contributed by atoms with Crippen LogP contribution in [0.15, 0.2) is 10.6 Å². The Morgan fingerprint density at radius 2 is 2.47 bits per heavy atom. The number of hydrogen-bond donors (Lipinski definition) is 2. The second-order valence-corrected chi connectivity index (χ2v) is 3.68. The zero-order valence-corrected chi connectivity index (χ0v) is 9.22. The maximum atomic E-state index is 10.6. The van der Waals surface area contributed by atoms with E-state index in [0.717, 1.165) is 0 Å². The standard InChI is InChI=1S/C10H14N2O5/c13-10(14)9-3-7(17-12-9)4-11-5-8-6-15-1-2-16-8/h3,8,11H,1-2,4-6H2,(H,13,14). The van der Waals surface area contributed by atoms with Crippen LogP contribution in [0.2, 0.25) is 0 Å². The molecule has 7 heteroatoms. The van der Waals surface area contributed by atoms with Gasteiger partial charge in [-0.05, 0) is 0 Å². The second-order valence-electron chi connectivity index (χ2n) is 3.68. The van der Waals surface area contributed by atoms with Gasteiger partial charge in [-0.15, -0.1) is 0 Å². The minimum Gasteiger partial charge on any atom is -0.476 e. The molecule has 0 saturated carbocycles. The number of aromatic nitrogens is 1. The lowest BCUT2D eigenvalue weighted by molar-refractivity contribution is -0.0865. The summed E-state index contributed by atoms with van der Waals surface area (Å²) in [5, 5.41) is 15.2. The highest BCUT2D eigenvalue weighted by Crippen LogP contribution is 2.04. The Kier molecular flexibility index (Phi) is 4.08. The van der Waals surface area contributed by atoms with Crippen molar-refractivity contribution < 1.29 is 23.9 Å². The van der Waals surface area contributed by atoms with Crippen LogP contribution in [-0.4, -0.2) is 48.7 Å². The number of carboxylic acid groups (broad SMARTS) is 1. The molecule has 0 aromatic carbocycles. The molecule has 1 atom stereocenters. The van der Waals surface area contributed by atoms with Crippen molar-refractivity contribution in [3.05, 3.63) is 17.5 Å². The third kappa shape index (κ3) is 3.52. The molecular formula is C10H14N2O5. The predicted octanol–water partition coefficient (Wildman–Crippen LogP) is -0.122. The predicted molar refractivity (Wildman–Crippen MR) is 55.7 cm³/mol. The molecule has 2 N–H and O–H groups in total. The fourth-order valence-electron chi connectivity index (χ4n) is 1.51. The maximum Gasteiger partial charge on any atom is 0.358 e. The van der Waals surface area contributed by atoms with E-state index in [4.69, 9.17) is 19.1 Å². The molecule has 1 unspecified atom stereocenters. The van der Waals surface area contributed by atoms with Gasteiger partial charge in [-0.1, -0.05) is 5.16 Å². The lowest BCUT2D eigenvalue weighted by atomic mass is 10.3. The van der Waals surface area contributed by atoms with Crippen molar-refractivity contribution in [1.29, 1.82) is 0 Å². The highest BCUT2D eigenvalue weighted by atomic mass is 16.6. The number of carbonyl (C=O) groups is 1. The number of hydrogen-bond acceptors (Lipinski definition) is 6. The van der Waals surface area contributed by atoms with Crippen LogP contribution in [0.25, 0.3) is 0 Å². The summed E-state index contributed by atoms with van der Waals surface area (Å²) in [6.07, 6.45) is 0.0330. The van der Waals surface area contributed by atoms with Gasteiger partial charge in [-0.3, -0.25) is 0 Å². The van der Waals surface area contributed by atoms with Crippen molar-refractivity contribution in [2.45, 2.75) is 12.6 Å². The molecule has 1 aliphatic heterocycles. The highest BCUT2D eigenvalue weighted by Gasteiger charge is 2.14. The van der Waals surface area contributed by atoms with E-state index in [1.807, 2.05) is 0 Å². The summed E-state index contributed by atoms with van der Waals surface area (Å²) in [5.74, 6) is -0.608. The topological polar surface area (TPSA) is 93.8 Å². The average Bonchev–Trinajstić information content (AvgIpc) is 2.79. The van der Waals surface area contributed by atoms with E-state index in [0.29, 0.717) is 38.7 Å². The number of carboxylic acids is 1. The maximum absolute atomic E-state index is 10.6. The summed E-state index contributed by atoms with van der Waals surface area (Å²) in [7, 11) is 0. The summed E-state index contributed by atoms with van der Waals surface area (Å²) < 4.78 is 15.5. The van der Waals surface area contributed by atoms with Gasteiger partial charge in [0.2, 0.25) is 0 Å². The minimum atomic E-state index is -1.09. The van der Waals surface area contributed by atoms with E-state index >= 15 is 0 Å². The molecule has 0 radical (unpaired) electrons. The van der Waals surface area contributed by atoms with Crippen LogP contribution in [-0.2, 0) is 16.0 Å². The highest BCUT2D eigenvalue weighted by molar-refractivity contribution is 5.85. The molecule has 1 saturated heterocycles. The molecule has 17 heavy (non-hydrogen) atoms. The Hall–Kier alpha value is -1.44. The van der Waals surface area contributed by atoms with Gasteiger partial charge in [0.05, 0.1) is 32.5 Å². The zero-order chi connectivity index (χ0) is 12.1. The molecule has 2 rings (SSSR count). The smallest absolute Gasteiger partial charge is 0.358 e. The van der Waals surface area contributed by atoms with Gasteiger partial charge >= 0.3 is 5.97 Å². The van der Waals surface area contributed by atoms with Gasteiger partial charge in [0.1, 0.15) is 0 Å². The van der Waals surface area contributed by atoms with Crippen molar-refractivity contribution in [2.75, 3.05) is 26.4 Å². The van der Waals surface area contributed by atoms with Crippen LogP contribution in [0.5, 0.6) is 0 Å². The molecule has 0 bridgehead atoms. The molecular weight excluding hydrogens is 228 g/mol. The largest absolute Gasteiger partial charge is 0.476 e. The van der Waals surface area contributed by atoms with E-state index in [2.05, 4.69) is 10.5 Å². The number of ether oxygens (including phenoxy) is 2. The first kappa shape index (κ1) is 12.0. The van der Waals surface area contributed by atoms with Crippen molar-refractivity contribution in [3.8, 4) is 0 Å². The Morgan fingerprint density at radius 3 is 3.12 bits per heavy atom. The molecule has 0 aliphatic carbocycles. The van der Waals surface area contributed by atoms with Crippen molar-refractivity contribution in [1.82, 2.24) is 10.5 Å². The first-order valence-corrected chi connectivity index (χ1v) is 5.34. The summed E-state index contributed by atoms with van der Waals surface area (Å²) in [5.41, 5.74) is -0.0842. The molecule has 1 aliphatic rings. The van der Waals surface area contributed by atoms with E-state index in [-0.39, 0.29) is 11.8 Å². The second kappa shape index (κ2) is 5.76. The Labute approximate surface area is 97.7 Å². The molecule has 2 heterocycles. The van der Waals surface area contributed by atoms with Gasteiger partial charge in [0.15, 0.2) is 11.5 Å². The third-order valence-electron chi connectivity index (χ3n) is 2.33. The van der Waals surface area contributed by atoms with E-state index in [1.165, 1.54) is 6.07 Å². The first-order valence-electron chi connectivity index (χ1n) is 5.34. The summed E-state index contributed by atoms with van der Waals surface area (Å²) in [6.45, 7) is 2.87. The molecule has 1 aromatic rings. The Bertz CT molecular complexity index is 373. The van der Waals surface area contributed by atoms with Gasteiger partial charge < -0.3 is 24.4 Å². The lowest BCUT2D eigenvalue weighted by Crippen LogP contribution is -2.37. The van der Waals surface area contributed by atoms with Crippen LogP contribution >= 0.6 is 0 Å². The number of rotatable bonds is 5. The zero-order valence-electron chi connectivity index (χ0n) is 9.22. The van der Waals surface area contributed by atoms with Crippen molar-refractivity contribution in [3.63, 3.8) is 0 Å². The normalized spacial score (nSPS) is 20.4. The van der Waals surface area contributed by atoms with Crippen LogP contribution in [0.1, 0.15) is 16.2 Å². The molecule has 0 spiro atoms. The Balaban J connectivity index is 1.71. The van der Waals surface area contributed by atoms with Gasteiger partial charge in [-0.25, -0.2) is 4.79 Å². The van der Waals surface area contributed by atoms with Gasteiger partial charge in [0.25, 0.3) is 0 Å². The Morgan fingerprint density at radius 1 is 1.59 bits per heavy atom. The van der Waals surface area contributed by atoms with E-state index in [9.17, 15) is 4.79 Å². The average molecular weight is 242 g/mol. The van der Waals surface area contributed by atoms with Crippen molar-refractivity contribution in [2.24, 2.45) is 0 Å². The summed E-state index contributed by atoms with van der Waals surface area (Å²) >= 11 is 0. The first-order chi connectivity index (χ1) is 8.25. The monoisotopic (exact) mass is 242 g/mol. The summed E-state index contributed by atoms with van der Waals surface area (Å²) in [4.78, 5) is 10.6. The minimum absolute atomic E-state index is 0.0330. The van der Waals surface area contributed by atoms with Crippen LogP contribution in [0.3, 0.4) is 0 Å². The van der Waals surface area contributed by atoms with E-state index in [1.54, 1.807) is 0 Å². The summed E-state index contributed by atoms with van der Waals surface area (Å²) in [6, 6.07) is 1.40. The number of aromatic carboxylic acids is 1. The van der Waals surface area contributed by atoms with Gasteiger partial charge in [-0.2, -0.15) is 0 Å². The van der Waals surface area contributed by atoms with Crippen molar-refractivity contribution >= 4 is 5.97 Å². The molecule has 1 fully saturated rings. The lowest BCUT2D eigenvalue weighted by Gasteiger charge is -2.22. The van der Waals surface area contributed by atoms with E-state index < -0.39 is 5.97 Å². The van der Waals surface area contributed by atoms with Crippen LogP contribution in [0, 0.1) is 0 Å². The quantitative estimate of drug-likeness (QED) is 0.743. The molecule has 7 nitrogen and oxygen atoms in total. The molecule has 0 amide bonds. The third-order valence-corrected chi connectivity index (χ3v) is 2.33. The fourth-order valence-corrected chi connectivity index (χ4v) is 1.51. The van der Waals surface area contributed by atoms with Gasteiger partial charge in [0, 0.05) is 12.6 Å².